The highest BCUT2D eigenvalue weighted by atomic mass is 19.1. The average Bonchev–Trinajstić information content (AvgIpc) is 3.29. The van der Waals surface area contributed by atoms with E-state index in [2.05, 4.69) is 44.2 Å². The summed E-state index contributed by atoms with van der Waals surface area (Å²) in [5, 5.41) is 0. The van der Waals surface area contributed by atoms with Crippen LogP contribution in [-0.4, -0.2) is 29.9 Å². The Morgan fingerprint density at radius 1 is 0.350 bits per heavy atom. The third-order valence-electron chi connectivity index (χ3n) is 10.5. The van der Waals surface area contributed by atoms with Gasteiger partial charge in [0.05, 0.1) is 0 Å². The van der Waals surface area contributed by atoms with E-state index in [-0.39, 0.29) is 11.6 Å². The number of hydrogen-bond donors (Lipinski definition) is 0. The van der Waals surface area contributed by atoms with Gasteiger partial charge in [0.15, 0.2) is 34.9 Å². The highest BCUT2D eigenvalue weighted by molar-refractivity contribution is 5.84. The fourth-order valence-corrected chi connectivity index (χ4v) is 7.53. The summed E-state index contributed by atoms with van der Waals surface area (Å²) in [6.45, 7) is 4.15. The van der Waals surface area contributed by atoms with Gasteiger partial charge in [-0.05, 0) is 103 Å². The molecule has 0 saturated carbocycles. The Bertz CT molecular complexity index is 2900. The number of rotatable bonds is 7. The molecule has 0 amide bonds. The molecular formula is C51H34F2N6O. The van der Waals surface area contributed by atoms with Gasteiger partial charge in [-0.2, -0.15) is 0 Å². The molecule has 0 aliphatic carbocycles. The molecule has 10 rings (SSSR count). The van der Waals surface area contributed by atoms with Crippen LogP contribution < -0.4 is 4.74 Å². The van der Waals surface area contributed by atoms with E-state index in [0.29, 0.717) is 57.2 Å². The van der Waals surface area contributed by atoms with Crippen LogP contribution in [0.1, 0.15) is 19.4 Å². The third kappa shape index (κ3) is 7.07. The Morgan fingerprint density at radius 3 is 1.22 bits per heavy atom. The molecule has 0 unspecified atom stereocenters. The maximum absolute atomic E-state index is 14.1. The van der Waals surface area contributed by atoms with Gasteiger partial charge in [-0.15, -0.1) is 0 Å². The molecule has 0 fully saturated rings. The van der Waals surface area contributed by atoms with Gasteiger partial charge in [0.1, 0.15) is 23.0 Å². The minimum atomic E-state index is -0.555. The van der Waals surface area contributed by atoms with Crippen molar-refractivity contribution in [1.82, 2.24) is 29.9 Å². The lowest BCUT2D eigenvalue weighted by molar-refractivity contribution is 0.106. The number of aromatic nitrogens is 6. The predicted octanol–water partition coefficient (Wildman–Crippen LogP) is 12.3. The van der Waals surface area contributed by atoms with E-state index < -0.39 is 5.60 Å². The van der Waals surface area contributed by atoms with Crippen LogP contribution in [0.3, 0.4) is 0 Å². The fraction of sp³-hybridized carbons (Fsp3) is 0.0588. The lowest BCUT2D eigenvalue weighted by atomic mass is 9.85. The Labute approximate surface area is 345 Å². The van der Waals surface area contributed by atoms with Crippen molar-refractivity contribution in [3.8, 4) is 96.3 Å². The highest BCUT2D eigenvalue weighted by Gasteiger charge is 2.32. The van der Waals surface area contributed by atoms with Crippen molar-refractivity contribution in [2.75, 3.05) is 0 Å². The van der Waals surface area contributed by atoms with Crippen LogP contribution in [0.2, 0.25) is 0 Å². The molecule has 0 atom stereocenters. The second kappa shape index (κ2) is 14.9. The van der Waals surface area contributed by atoms with Gasteiger partial charge >= 0.3 is 0 Å². The van der Waals surface area contributed by atoms with Gasteiger partial charge in [-0.1, -0.05) is 97.1 Å². The topological polar surface area (TPSA) is 86.6 Å². The molecule has 9 heteroatoms. The van der Waals surface area contributed by atoms with Crippen molar-refractivity contribution in [3.63, 3.8) is 0 Å². The van der Waals surface area contributed by atoms with Gasteiger partial charge < -0.3 is 4.74 Å². The molecule has 0 spiro atoms. The van der Waals surface area contributed by atoms with Gasteiger partial charge in [-0.25, -0.2) is 38.7 Å². The average molecular weight is 785 g/mol. The van der Waals surface area contributed by atoms with Crippen LogP contribution in [0.15, 0.2) is 170 Å². The lowest BCUT2D eigenvalue weighted by Crippen LogP contribution is -2.29. The summed E-state index contributed by atoms with van der Waals surface area (Å²) in [4.78, 5) is 29.7. The van der Waals surface area contributed by atoms with Crippen molar-refractivity contribution in [3.05, 3.63) is 187 Å². The van der Waals surface area contributed by atoms with Crippen molar-refractivity contribution < 1.29 is 13.5 Å². The second-order valence-corrected chi connectivity index (χ2v) is 15.0. The summed E-state index contributed by atoms with van der Waals surface area (Å²) < 4.78 is 34.9. The van der Waals surface area contributed by atoms with Gasteiger partial charge in [0.2, 0.25) is 0 Å². The minimum Gasteiger partial charge on any atom is -0.482 e. The van der Waals surface area contributed by atoms with Crippen LogP contribution >= 0.6 is 0 Å². The fourth-order valence-electron chi connectivity index (χ4n) is 7.53. The van der Waals surface area contributed by atoms with Crippen molar-refractivity contribution in [1.29, 1.82) is 0 Å². The van der Waals surface area contributed by atoms with Crippen LogP contribution in [0.5, 0.6) is 5.75 Å². The van der Waals surface area contributed by atoms with Crippen molar-refractivity contribution >= 4 is 0 Å². The molecule has 1 aliphatic heterocycles. The first-order chi connectivity index (χ1) is 29.2. The number of benzene rings is 7. The number of halogens is 2. The van der Waals surface area contributed by atoms with Crippen molar-refractivity contribution in [2.45, 2.75) is 19.4 Å². The van der Waals surface area contributed by atoms with Crippen molar-refractivity contribution in [2.24, 2.45) is 0 Å². The molecule has 2 aromatic heterocycles. The molecule has 1 aliphatic rings. The van der Waals surface area contributed by atoms with Crippen LogP contribution in [-0.2, 0) is 5.60 Å². The van der Waals surface area contributed by atoms with E-state index in [1.54, 1.807) is 24.3 Å². The molecule has 0 bridgehead atoms. The van der Waals surface area contributed by atoms with Gasteiger partial charge in [0.25, 0.3) is 0 Å². The quantitative estimate of drug-likeness (QED) is 0.159. The van der Waals surface area contributed by atoms with Crippen LogP contribution in [0, 0.1) is 11.6 Å². The van der Waals surface area contributed by atoms with E-state index in [0.717, 1.165) is 44.7 Å². The first kappa shape index (κ1) is 36.6. The zero-order chi connectivity index (χ0) is 40.8. The van der Waals surface area contributed by atoms with Gasteiger partial charge in [-0.3, -0.25) is 0 Å². The molecule has 7 nitrogen and oxygen atoms in total. The SMILES string of the molecule is CC1(C)Oc2cc(-c3cc(-c4nc(-c5ccccc5)nc(-c5ccc(F)cc5)n4)cc(-c4nc(-c5ccccc5)nc(-c5ccc(F)cc5)n4)c3)ccc2-c2ccccc21. The molecule has 288 valence electrons. The van der Waals surface area contributed by atoms with E-state index in [9.17, 15) is 8.78 Å². The predicted molar refractivity (Wildman–Crippen MR) is 230 cm³/mol. The largest absolute Gasteiger partial charge is 0.482 e. The lowest BCUT2D eigenvalue weighted by Gasteiger charge is -2.35. The molecule has 60 heavy (non-hydrogen) atoms. The molecule has 7 aromatic carbocycles. The van der Waals surface area contributed by atoms with Gasteiger partial charge in [0, 0.05) is 44.5 Å². The molecule has 0 N–H and O–H groups in total. The Balaban J connectivity index is 1.21. The third-order valence-corrected chi connectivity index (χ3v) is 10.5. The van der Waals surface area contributed by atoms with Crippen LogP contribution in [0.25, 0.3) is 90.6 Å². The highest BCUT2D eigenvalue weighted by Crippen LogP contribution is 2.47. The molecule has 0 saturated heterocycles. The maximum Gasteiger partial charge on any atom is 0.164 e. The summed E-state index contributed by atoms with van der Waals surface area (Å²) in [5.74, 6) is 2.53. The Kier molecular flexibility index (Phi) is 9.06. The smallest absolute Gasteiger partial charge is 0.164 e. The number of hydrogen-bond acceptors (Lipinski definition) is 7. The van der Waals surface area contributed by atoms with Crippen LogP contribution in [0.4, 0.5) is 8.78 Å². The molecule has 0 radical (unpaired) electrons. The van der Waals surface area contributed by atoms with E-state index >= 15 is 0 Å². The summed E-state index contributed by atoms with van der Waals surface area (Å²) >= 11 is 0. The second-order valence-electron chi connectivity index (χ2n) is 15.0. The van der Waals surface area contributed by atoms with E-state index in [1.807, 2.05) is 91.0 Å². The summed E-state index contributed by atoms with van der Waals surface area (Å²) in [7, 11) is 0. The summed E-state index contributed by atoms with van der Waals surface area (Å²) in [6, 6.07) is 52.1. The monoisotopic (exact) mass is 784 g/mol. The first-order valence-electron chi connectivity index (χ1n) is 19.5. The summed E-state index contributed by atoms with van der Waals surface area (Å²) in [5.41, 5.74) is 8.62. The standard InChI is InChI=1S/C51H34F2N6O/c1-51(2)43-16-10-9-15-41(43)42-26-21-35(30-44(42)60-51)36-27-37(49-56-45(31-11-5-3-6-12-31)54-47(58-49)33-17-22-39(52)23-18-33)29-38(28-36)50-57-46(32-13-7-4-8-14-32)55-48(59-50)34-19-24-40(53)25-20-34/h3-30H,1-2H3. The molecular weight excluding hydrogens is 751 g/mol. The Morgan fingerprint density at radius 2 is 0.733 bits per heavy atom. The molecule has 3 heterocycles. The zero-order valence-electron chi connectivity index (χ0n) is 32.5. The number of ether oxygens (including phenoxy) is 1. The number of fused-ring (bicyclic) bond motifs is 3. The Hall–Kier alpha value is -7.78. The maximum atomic E-state index is 14.1. The minimum absolute atomic E-state index is 0.359. The number of nitrogens with zero attached hydrogens (tertiary/aromatic N) is 6. The summed E-state index contributed by atoms with van der Waals surface area (Å²) in [6.07, 6.45) is 0. The normalized spacial score (nSPS) is 12.6. The molecule has 9 aromatic rings. The van der Waals surface area contributed by atoms with E-state index in [1.165, 1.54) is 24.3 Å². The van der Waals surface area contributed by atoms with E-state index in [4.69, 9.17) is 34.6 Å². The first-order valence-corrected chi connectivity index (χ1v) is 19.5. The zero-order valence-corrected chi connectivity index (χ0v) is 32.5.